The molecule has 4 rings (SSSR count). The van der Waals surface area contributed by atoms with Crippen LogP contribution in [0.3, 0.4) is 0 Å². The number of anilines is 3. The van der Waals surface area contributed by atoms with Gasteiger partial charge in [0.2, 0.25) is 11.9 Å². The van der Waals surface area contributed by atoms with Crippen LogP contribution in [0.5, 0.6) is 5.75 Å². The molecular weight excluding hydrogens is 368 g/mol. The van der Waals surface area contributed by atoms with Crippen LogP contribution < -0.4 is 16.0 Å². The summed E-state index contributed by atoms with van der Waals surface area (Å²) in [5.74, 6) is -0.540. The Morgan fingerprint density at radius 2 is 2.04 bits per heavy atom. The van der Waals surface area contributed by atoms with Crippen LogP contribution in [0.1, 0.15) is 5.56 Å². The number of sulfonamides is 1. The van der Waals surface area contributed by atoms with E-state index in [-0.39, 0.29) is 39.6 Å². The van der Waals surface area contributed by atoms with Crippen LogP contribution in [-0.2, 0) is 21.2 Å². The van der Waals surface area contributed by atoms with Crippen LogP contribution in [0.25, 0.3) is 0 Å². The van der Waals surface area contributed by atoms with E-state index in [1.165, 1.54) is 12.1 Å². The van der Waals surface area contributed by atoms with Crippen LogP contribution in [0.2, 0.25) is 5.02 Å². The van der Waals surface area contributed by atoms with Gasteiger partial charge in [0.25, 0.3) is 10.0 Å². The second-order valence-corrected chi connectivity index (χ2v) is 7.53. The summed E-state index contributed by atoms with van der Waals surface area (Å²) in [6.07, 6.45) is 0.177. The van der Waals surface area contributed by atoms with Crippen molar-refractivity contribution in [3.8, 4) is 5.75 Å². The number of carbonyl (C=O) groups excluding carboxylic acids is 1. The number of phenols is 1. The van der Waals surface area contributed by atoms with Crippen molar-refractivity contribution in [2.24, 2.45) is 4.40 Å². The molecule has 1 amide bonds. The molecule has 0 spiro atoms. The Balaban J connectivity index is 1.74. The maximum Gasteiger partial charge on any atom is 0.287 e. The van der Waals surface area contributed by atoms with Gasteiger partial charge < -0.3 is 21.1 Å². The molecule has 0 fully saturated rings. The SMILES string of the molecule is O=C1Cc2c(cccc2NC2=NS(=O)(=O)c3cc(Cl)cc(O)c3N2)N1. The van der Waals surface area contributed by atoms with Crippen molar-refractivity contribution >= 4 is 50.6 Å². The molecule has 0 aromatic heterocycles. The first-order chi connectivity index (χ1) is 11.8. The topological polar surface area (TPSA) is 120 Å². The predicted octanol–water partition coefficient (Wildman–Crippen LogP) is 2.12. The summed E-state index contributed by atoms with van der Waals surface area (Å²) in [7, 11) is -4.05. The minimum Gasteiger partial charge on any atom is -0.506 e. The third-order valence-electron chi connectivity index (χ3n) is 3.82. The summed E-state index contributed by atoms with van der Waals surface area (Å²) in [6.45, 7) is 0. The molecule has 10 heteroatoms. The van der Waals surface area contributed by atoms with E-state index in [1.54, 1.807) is 18.2 Å². The van der Waals surface area contributed by atoms with Crippen molar-refractivity contribution in [3.05, 3.63) is 40.9 Å². The number of phenolic OH excluding ortho intramolecular Hbond substituents is 1. The highest BCUT2D eigenvalue weighted by Crippen LogP contribution is 2.38. The molecule has 2 heterocycles. The molecular formula is C15H11ClN4O4S. The molecule has 0 atom stereocenters. The number of hydrogen-bond donors (Lipinski definition) is 4. The van der Waals surface area contributed by atoms with Crippen LogP contribution in [0.4, 0.5) is 17.1 Å². The largest absolute Gasteiger partial charge is 0.506 e. The summed E-state index contributed by atoms with van der Waals surface area (Å²) in [5, 5.41) is 18.4. The number of halogens is 1. The minimum absolute atomic E-state index is 0.0105. The summed E-state index contributed by atoms with van der Waals surface area (Å²) >= 11 is 5.80. The quantitative estimate of drug-likeness (QED) is 0.564. The third-order valence-corrected chi connectivity index (χ3v) is 5.34. The summed E-state index contributed by atoms with van der Waals surface area (Å²) < 4.78 is 28.4. The van der Waals surface area contributed by atoms with Crippen molar-refractivity contribution in [2.45, 2.75) is 11.3 Å². The smallest absolute Gasteiger partial charge is 0.287 e. The Labute approximate surface area is 147 Å². The average molecular weight is 379 g/mol. The summed E-state index contributed by atoms with van der Waals surface area (Å²) in [5.41, 5.74) is 1.89. The van der Waals surface area contributed by atoms with E-state index in [9.17, 15) is 18.3 Å². The molecule has 8 nitrogen and oxygen atoms in total. The molecule has 4 N–H and O–H groups in total. The van der Waals surface area contributed by atoms with E-state index in [4.69, 9.17) is 11.6 Å². The molecule has 25 heavy (non-hydrogen) atoms. The van der Waals surface area contributed by atoms with E-state index in [0.717, 1.165) is 0 Å². The highest BCUT2D eigenvalue weighted by Gasteiger charge is 2.29. The lowest BCUT2D eigenvalue weighted by Crippen LogP contribution is -2.28. The van der Waals surface area contributed by atoms with E-state index >= 15 is 0 Å². The van der Waals surface area contributed by atoms with Crippen molar-refractivity contribution in [1.29, 1.82) is 0 Å². The Kier molecular flexibility index (Phi) is 3.37. The number of rotatable bonds is 1. The molecule has 0 unspecified atom stereocenters. The van der Waals surface area contributed by atoms with Crippen molar-refractivity contribution in [2.75, 3.05) is 16.0 Å². The fourth-order valence-electron chi connectivity index (χ4n) is 2.76. The zero-order valence-corrected chi connectivity index (χ0v) is 14.1. The molecule has 0 saturated heterocycles. The second-order valence-electron chi connectivity index (χ2n) is 5.52. The predicted molar refractivity (Wildman–Crippen MR) is 93.8 cm³/mol. The molecule has 0 bridgehead atoms. The van der Waals surface area contributed by atoms with Gasteiger partial charge in [-0.1, -0.05) is 17.7 Å². The molecule has 2 aliphatic rings. The number of hydrogen-bond acceptors (Lipinski definition) is 6. The van der Waals surface area contributed by atoms with E-state index < -0.39 is 10.0 Å². The first kappa shape index (κ1) is 15.7. The van der Waals surface area contributed by atoms with Gasteiger partial charge in [0.15, 0.2) is 0 Å². The number of benzene rings is 2. The van der Waals surface area contributed by atoms with Gasteiger partial charge in [-0.15, -0.1) is 4.40 Å². The van der Waals surface area contributed by atoms with Crippen molar-refractivity contribution in [1.82, 2.24) is 0 Å². The van der Waals surface area contributed by atoms with Crippen LogP contribution in [0.15, 0.2) is 39.6 Å². The van der Waals surface area contributed by atoms with Gasteiger partial charge in [-0.2, -0.15) is 8.42 Å². The monoisotopic (exact) mass is 378 g/mol. The molecule has 0 saturated carbocycles. The maximum absolute atomic E-state index is 12.4. The van der Waals surface area contributed by atoms with Crippen molar-refractivity contribution in [3.63, 3.8) is 0 Å². The number of carbonyl (C=O) groups is 1. The molecule has 2 aliphatic heterocycles. The van der Waals surface area contributed by atoms with Gasteiger partial charge in [-0.3, -0.25) is 4.79 Å². The number of guanidine groups is 1. The number of aromatic hydroxyl groups is 1. The third kappa shape index (κ3) is 2.67. The number of nitrogens with zero attached hydrogens (tertiary/aromatic N) is 1. The molecule has 0 aliphatic carbocycles. The fourth-order valence-corrected chi connectivity index (χ4v) is 4.15. The Morgan fingerprint density at radius 3 is 2.84 bits per heavy atom. The van der Waals surface area contributed by atoms with Crippen LogP contribution in [-0.4, -0.2) is 25.4 Å². The molecule has 128 valence electrons. The van der Waals surface area contributed by atoms with Gasteiger partial charge >= 0.3 is 0 Å². The lowest BCUT2D eigenvalue weighted by atomic mass is 10.1. The average Bonchev–Trinajstić information content (AvgIpc) is 2.89. The Hall–Kier alpha value is -2.78. The number of amides is 1. The Bertz CT molecular complexity index is 1070. The lowest BCUT2D eigenvalue weighted by molar-refractivity contribution is -0.115. The van der Waals surface area contributed by atoms with Gasteiger partial charge in [-0.05, 0) is 18.2 Å². The standard InChI is InChI=1S/C15H11ClN4O4S/c16-7-4-11(21)14-12(5-7)25(23,24)20-15(19-14)18-10-3-1-2-9-8(10)6-13(22)17-9/h1-5,21H,6H2,(H,17,22)(H2,18,19,20). The second kappa shape index (κ2) is 5.36. The highest BCUT2D eigenvalue weighted by molar-refractivity contribution is 7.90. The van der Waals surface area contributed by atoms with Crippen LogP contribution in [0, 0.1) is 0 Å². The first-order valence-corrected chi connectivity index (χ1v) is 8.98. The van der Waals surface area contributed by atoms with Gasteiger partial charge in [0.05, 0.1) is 6.42 Å². The highest BCUT2D eigenvalue weighted by atomic mass is 35.5. The van der Waals surface area contributed by atoms with E-state index in [2.05, 4.69) is 20.3 Å². The number of nitrogens with one attached hydrogen (secondary N) is 3. The minimum atomic E-state index is -4.05. The normalized spacial score (nSPS) is 17.0. The van der Waals surface area contributed by atoms with Gasteiger partial charge in [0, 0.05) is 28.0 Å². The van der Waals surface area contributed by atoms with E-state index in [1.807, 2.05) is 0 Å². The number of fused-ring (bicyclic) bond motifs is 2. The fraction of sp³-hybridized carbons (Fsp3) is 0.0667. The maximum atomic E-state index is 12.4. The summed E-state index contributed by atoms with van der Waals surface area (Å²) in [4.78, 5) is 11.4. The first-order valence-electron chi connectivity index (χ1n) is 7.17. The van der Waals surface area contributed by atoms with Crippen molar-refractivity contribution < 1.29 is 18.3 Å². The lowest BCUT2D eigenvalue weighted by Gasteiger charge is -2.21. The van der Waals surface area contributed by atoms with E-state index in [0.29, 0.717) is 16.9 Å². The van der Waals surface area contributed by atoms with Crippen LogP contribution >= 0.6 is 11.6 Å². The Morgan fingerprint density at radius 1 is 1.24 bits per heavy atom. The van der Waals surface area contributed by atoms with Gasteiger partial charge in [-0.25, -0.2) is 0 Å². The summed E-state index contributed by atoms with van der Waals surface area (Å²) in [6, 6.07) is 7.61. The molecule has 0 radical (unpaired) electrons. The zero-order chi connectivity index (χ0) is 17.8. The molecule has 2 aromatic carbocycles. The zero-order valence-electron chi connectivity index (χ0n) is 12.5. The molecule has 2 aromatic rings. The van der Waals surface area contributed by atoms with Gasteiger partial charge in [0.1, 0.15) is 16.3 Å².